The van der Waals surface area contributed by atoms with Crippen LogP contribution in [0, 0.1) is 0 Å². The van der Waals surface area contributed by atoms with Crippen LogP contribution < -0.4 is 0 Å². The number of benzene rings is 1. The molecular formula is C14H8N8O. The van der Waals surface area contributed by atoms with Crippen molar-refractivity contribution in [3.63, 3.8) is 0 Å². The molecule has 9 nitrogen and oxygen atoms in total. The molecule has 4 rings (SSSR count). The van der Waals surface area contributed by atoms with E-state index in [2.05, 4.69) is 40.4 Å². The molecule has 2 amide bonds. The second kappa shape index (κ2) is 5.30. The Bertz CT molecular complexity index is 986. The molecule has 1 aliphatic rings. The van der Waals surface area contributed by atoms with Gasteiger partial charge in [-0.15, -0.1) is 20.3 Å². The quantitative estimate of drug-likeness (QED) is 0.727. The van der Waals surface area contributed by atoms with Gasteiger partial charge in [0, 0.05) is 18.0 Å². The molecule has 0 saturated heterocycles. The van der Waals surface area contributed by atoms with E-state index in [1.165, 1.54) is 0 Å². The van der Waals surface area contributed by atoms with E-state index in [9.17, 15) is 4.79 Å². The zero-order valence-electron chi connectivity index (χ0n) is 11.6. The molecule has 1 N–H and O–H groups in total. The van der Waals surface area contributed by atoms with Gasteiger partial charge in [0.25, 0.3) is 5.96 Å². The molecule has 0 unspecified atom stereocenters. The van der Waals surface area contributed by atoms with Crippen LogP contribution in [0.15, 0.2) is 68.2 Å². The Morgan fingerprint density at radius 2 is 2.00 bits per heavy atom. The number of nitrogens with zero attached hydrogens (tertiary/aromatic N) is 7. The van der Waals surface area contributed by atoms with Gasteiger partial charge in [-0.25, -0.2) is 9.78 Å². The number of hydrogen-bond acceptors (Lipinski definition) is 6. The molecule has 0 saturated carbocycles. The third kappa shape index (κ3) is 2.62. The molecule has 3 heterocycles. The predicted octanol–water partition coefficient (Wildman–Crippen LogP) is 3.65. The average Bonchev–Trinajstić information content (AvgIpc) is 3.18. The van der Waals surface area contributed by atoms with Crippen molar-refractivity contribution in [3.05, 3.63) is 42.7 Å². The lowest BCUT2D eigenvalue weighted by Crippen LogP contribution is -1.82. The van der Waals surface area contributed by atoms with Crippen molar-refractivity contribution < 1.29 is 4.79 Å². The van der Waals surface area contributed by atoms with E-state index >= 15 is 0 Å². The largest absolute Gasteiger partial charge is 0.389 e. The maximum absolute atomic E-state index is 10.8. The highest BCUT2D eigenvalue weighted by Crippen LogP contribution is 2.24. The van der Waals surface area contributed by atoms with Gasteiger partial charge in [0.15, 0.2) is 0 Å². The predicted molar refractivity (Wildman–Crippen MR) is 81.5 cm³/mol. The number of urea groups is 1. The SMILES string of the molecule is O=C1N=NC(N=Nc2nc3cc(-c4cccnc4)ccc3[nH]2)=N1. The summed E-state index contributed by atoms with van der Waals surface area (Å²) < 4.78 is 0. The standard InChI is InChI=1S/C14H8N8O/c23-14-18-13(21-22-14)20-19-12-16-10-4-3-8(6-11(10)17-12)9-2-1-5-15-7-9/h1-7H,(H,16,17). The van der Waals surface area contributed by atoms with Gasteiger partial charge >= 0.3 is 6.03 Å². The molecule has 1 aliphatic heterocycles. The number of fused-ring (bicyclic) bond motifs is 1. The number of carbonyl (C=O) groups is 1. The van der Waals surface area contributed by atoms with Crippen molar-refractivity contribution in [3.8, 4) is 11.1 Å². The Morgan fingerprint density at radius 3 is 2.78 bits per heavy atom. The van der Waals surface area contributed by atoms with Crippen molar-refractivity contribution in [2.75, 3.05) is 0 Å². The number of H-pyrrole nitrogens is 1. The summed E-state index contributed by atoms with van der Waals surface area (Å²) in [5.74, 6) is 0.201. The van der Waals surface area contributed by atoms with Crippen molar-refractivity contribution in [2.24, 2.45) is 25.4 Å². The third-order valence-electron chi connectivity index (χ3n) is 3.12. The van der Waals surface area contributed by atoms with E-state index in [1.54, 1.807) is 12.4 Å². The average molecular weight is 304 g/mol. The summed E-state index contributed by atoms with van der Waals surface area (Å²) in [6.45, 7) is 0. The van der Waals surface area contributed by atoms with Crippen LogP contribution in [-0.4, -0.2) is 26.9 Å². The first-order valence-electron chi connectivity index (χ1n) is 6.64. The van der Waals surface area contributed by atoms with E-state index in [4.69, 9.17) is 0 Å². The van der Waals surface area contributed by atoms with Gasteiger partial charge in [0.1, 0.15) is 0 Å². The number of azo groups is 2. The maximum atomic E-state index is 10.8. The molecule has 0 radical (unpaired) electrons. The van der Waals surface area contributed by atoms with Crippen LogP contribution in [-0.2, 0) is 0 Å². The highest BCUT2D eigenvalue weighted by molar-refractivity contribution is 5.97. The molecule has 0 atom stereocenters. The number of carbonyl (C=O) groups excluding carboxylic acids is 1. The second-order valence-electron chi connectivity index (χ2n) is 4.63. The van der Waals surface area contributed by atoms with Gasteiger partial charge in [-0.05, 0) is 23.8 Å². The molecule has 110 valence electrons. The number of amides is 2. The molecule has 3 aromatic rings. The van der Waals surface area contributed by atoms with Crippen LogP contribution in [0.4, 0.5) is 10.7 Å². The summed E-state index contributed by atoms with van der Waals surface area (Å²) in [6.07, 6.45) is 3.51. The fraction of sp³-hybridized carbons (Fsp3) is 0. The first kappa shape index (κ1) is 13.1. The number of rotatable bonds is 2. The van der Waals surface area contributed by atoms with Crippen LogP contribution in [0.3, 0.4) is 0 Å². The number of aliphatic imine (C=N–C) groups is 1. The highest BCUT2D eigenvalue weighted by atomic mass is 16.2. The Labute approximate surface area is 128 Å². The normalized spacial score (nSPS) is 14.1. The summed E-state index contributed by atoms with van der Waals surface area (Å²) in [5, 5.41) is 14.2. The van der Waals surface area contributed by atoms with E-state index < -0.39 is 6.03 Å². The van der Waals surface area contributed by atoms with Gasteiger partial charge in [-0.3, -0.25) is 4.98 Å². The van der Waals surface area contributed by atoms with E-state index in [-0.39, 0.29) is 5.96 Å². The Morgan fingerprint density at radius 1 is 1.04 bits per heavy atom. The maximum Gasteiger partial charge on any atom is 0.389 e. The lowest BCUT2D eigenvalue weighted by atomic mass is 10.1. The van der Waals surface area contributed by atoms with Crippen molar-refractivity contribution in [1.29, 1.82) is 0 Å². The molecule has 0 aliphatic carbocycles. The van der Waals surface area contributed by atoms with Crippen LogP contribution in [0.25, 0.3) is 22.2 Å². The monoisotopic (exact) mass is 304 g/mol. The first-order valence-corrected chi connectivity index (χ1v) is 6.64. The number of nitrogens with one attached hydrogen (secondary N) is 1. The van der Waals surface area contributed by atoms with Crippen LogP contribution >= 0.6 is 0 Å². The smallest absolute Gasteiger partial charge is 0.321 e. The summed E-state index contributed by atoms with van der Waals surface area (Å²) in [7, 11) is 0. The van der Waals surface area contributed by atoms with E-state index in [0.29, 0.717) is 5.95 Å². The van der Waals surface area contributed by atoms with Crippen molar-refractivity contribution in [2.45, 2.75) is 0 Å². The molecule has 0 fully saturated rings. The van der Waals surface area contributed by atoms with Gasteiger partial charge < -0.3 is 4.98 Å². The van der Waals surface area contributed by atoms with Crippen LogP contribution in [0.2, 0.25) is 0 Å². The fourth-order valence-corrected chi connectivity index (χ4v) is 2.10. The lowest BCUT2D eigenvalue weighted by molar-refractivity contribution is 0.257. The topological polar surface area (TPSA) is 120 Å². The number of aromatic amines is 1. The molecule has 23 heavy (non-hydrogen) atoms. The van der Waals surface area contributed by atoms with Crippen LogP contribution in [0.5, 0.6) is 0 Å². The van der Waals surface area contributed by atoms with Gasteiger partial charge in [0.05, 0.1) is 11.0 Å². The number of hydrogen-bond donors (Lipinski definition) is 1. The highest BCUT2D eigenvalue weighted by Gasteiger charge is 2.09. The number of aromatic nitrogens is 3. The Kier molecular flexibility index (Phi) is 3.01. The molecule has 9 heteroatoms. The summed E-state index contributed by atoms with van der Waals surface area (Å²) in [6, 6.07) is 8.96. The second-order valence-corrected chi connectivity index (χ2v) is 4.63. The summed E-state index contributed by atoms with van der Waals surface area (Å²) in [5.41, 5.74) is 3.56. The molecule has 0 spiro atoms. The Hall–Kier alpha value is -3.62. The molecular weight excluding hydrogens is 296 g/mol. The summed E-state index contributed by atoms with van der Waals surface area (Å²) >= 11 is 0. The minimum absolute atomic E-state index is 0.0912. The molecule has 1 aromatic carbocycles. The van der Waals surface area contributed by atoms with Gasteiger partial charge in [0.2, 0.25) is 5.95 Å². The minimum Gasteiger partial charge on any atom is -0.321 e. The molecule has 2 aromatic heterocycles. The van der Waals surface area contributed by atoms with Crippen molar-refractivity contribution >= 4 is 29.0 Å². The minimum atomic E-state index is -0.690. The van der Waals surface area contributed by atoms with Gasteiger partial charge in [-0.1, -0.05) is 17.2 Å². The van der Waals surface area contributed by atoms with Crippen LogP contribution in [0.1, 0.15) is 0 Å². The zero-order chi connectivity index (χ0) is 15.6. The summed E-state index contributed by atoms with van der Waals surface area (Å²) in [4.78, 5) is 25.7. The van der Waals surface area contributed by atoms with E-state index in [0.717, 1.165) is 22.2 Å². The number of guanidine groups is 1. The third-order valence-corrected chi connectivity index (χ3v) is 3.12. The first-order chi connectivity index (χ1) is 11.3. The fourth-order valence-electron chi connectivity index (χ4n) is 2.10. The lowest BCUT2D eigenvalue weighted by Gasteiger charge is -1.99. The van der Waals surface area contributed by atoms with Crippen molar-refractivity contribution in [1.82, 2.24) is 15.0 Å². The molecule has 0 bridgehead atoms. The number of imidazole rings is 1. The van der Waals surface area contributed by atoms with E-state index in [1.807, 2.05) is 30.3 Å². The Balaban J connectivity index is 1.66. The zero-order valence-corrected chi connectivity index (χ0v) is 11.6. The number of pyridine rings is 1. The van der Waals surface area contributed by atoms with Gasteiger partial charge in [-0.2, -0.15) is 0 Å².